The molecule has 0 unspecified atom stereocenters. The fourth-order valence-corrected chi connectivity index (χ4v) is 4.43. The zero-order valence-corrected chi connectivity index (χ0v) is 22.8. The van der Waals surface area contributed by atoms with E-state index in [1.165, 1.54) is 11.0 Å². The summed E-state index contributed by atoms with van der Waals surface area (Å²) in [5, 5.41) is 3.49. The Balaban J connectivity index is 1.95. The lowest BCUT2D eigenvalue weighted by molar-refractivity contribution is -0.143. The van der Waals surface area contributed by atoms with Crippen molar-refractivity contribution in [1.82, 2.24) is 10.2 Å². The number of nitrogens with zero attached hydrogens (tertiary/aromatic N) is 1. The summed E-state index contributed by atoms with van der Waals surface area (Å²) in [5.41, 5.74) is 0.656. The van der Waals surface area contributed by atoms with Gasteiger partial charge in [0.25, 0.3) is 5.91 Å². The minimum absolute atomic E-state index is 0.0916. The molecule has 3 aromatic rings. The third kappa shape index (κ3) is 8.07. The van der Waals surface area contributed by atoms with E-state index in [-0.39, 0.29) is 25.5 Å². The molecule has 1 N–H and O–H groups in total. The van der Waals surface area contributed by atoms with E-state index in [1.54, 1.807) is 36.4 Å². The molecule has 3 rings (SSSR count). The van der Waals surface area contributed by atoms with Gasteiger partial charge in [-0.15, -0.1) is 0 Å². The Morgan fingerprint density at radius 1 is 1.06 bits per heavy atom. The smallest absolute Gasteiger partial charge is 0.261 e. The second-order valence-electron chi connectivity index (χ2n) is 9.42. The summed E-state index contributed by atoms with van der Waals surface area (Å²) in [5.74, 6) is -0.808. The summed E-state index contributed by atoms with van der Waals surface area (Å²) in [4.78, 5) is 28.4. The van der Waals surface area contributed by atoms with Gasteiger partial charge in [-0.05, 0) is 66.5 Å². The molecule has 0 heterocycles. The minimum Gasteiger partial charge on any atom is -0.483 e. The van der Waals surface area contributed by atoms with Crippen LogP contribution in [0.3, 0.4) is 0 Å². The number of carbonyl (C=O) groups excluding carboxylic acids is 2. The largest absolute Gasteiger partial charge is 0.483 e. The molecule has 0 bridgehead atoms. The zero-order chi connectivity index (χ0) is 26.3. The standard InChI is InChI=1S/C28H29BrClFN2O3/c1-28(2,3)32-27(35)24(15-19-9-5-4-6-10-19)33(17-20-11-7-8-12-23(20)31)26(34)18-36-25-14-13-21(30)16-22(25)29/h4-14,16,24H,15,17-18H2,1-3H3,(H,32,35)/t24-/m0/s1. The summed E-state index contributed by atoms with van der Waals surface area (Å²) in [6, 6.07) is 19.7. The maximum atomic E-state index is 14.6. The number of halogens is 3. The highest BCUT2D eigenvalue weighted by Crippen LogP contribution is 2.28. The molecule has 8 heteroatoms. The molecule has 2 amide bonds. The van der Waals surface area contributed by atoms with Gasteiger partial charge in [-0.25, -0.2) is 4.39 Å². The normalized spacial score (nSPS) is 12.1. The Kier molecular flexibility index (Phi) is 9.51. The molecule has 3 aromatic carbocycles. The fraction of sp³-hybridized carbons (Fsp3) is 0.286. The van der Waals surface area contributed by atoms with Crippen molar-refractivity contribution >= 4 is 39.3 Å². The molecule has 36 heavy (non-hydrogen) atoms. The van der Waals surface area contributed by atoms with Crippen molar-refractivity contribution in [3.05, 3.63) is 99.2 Å². The van der Waals surface area contributed by atoms with Crippen molar-refractivity contribution in [1.29, 1.82) is 0 Å². The lowest BCUT2D eigenvalue weighted by Crippen LogP contribution is -2.55. The van der Waals surface area contributed by atoms with Gasteiger partial charge in [-0.2, -0.15) is 0 Å². The van der Waals surface area contributed by atoms with Crippen LogP contribution in [0, 0.1) is 5.82 Å². The van der Waals surface area contributed by atoms with Crippen LogP contribution in [0.1, 0.15) is 31.9 Å². The molecule has 0 radical (unpaired) electrons. The van der Waals surface area contributed by atoms with E-state index in [0.29, 0.717) is 20.8 Å². The lowest BCUT2D eigenvalue weighted by atomic mass is 10.0. The number of carbonyl (C=O) groups is 2. The number of amides is 2. The molecule has 0 saturated carbocycles. The third-order valence-corrected chi connectivity index (χ3v) is 6.17. The maximum Gasteiger partial charge on any atom is 0.261 e. The van der Waals surface area contributed by atoms with Crippen molar-refractivity contribution in [2.75, 3.05) is 6.61 Å². The average molecular weight is 576 g/mol. The Labute approximate surface area is 224 Å². The van der Waals surface area contributed by atoms with Gasteiger partial charge in [-0.3, -0.25) is 9.59 Å². The Hall–Kier alpha value is -2.90. The highest BCUT2D eigenvalue weighted by molar-refractivity contribution is 9.10. The first-order chi connectivity index (χ1) is 17.0. The van der Waals surface area contributed by atoms with Gasteiger partial charge in [0.1, 0.15) is 17.6 Å². The van der Waals surface area contributed by atoms with E-state index in [9.17, 15) is 14.0 Å². The van der Waals surface area contributed by atoms with Gasteiger partial charge in [-0.1, -0.05) is 60.1 Å². The van der Waals surface area contributed by atoms with Gasteiger partial charge in [0.2, 0.25) is 5.91 Å². The van der Waals surface area contributed by atoms with Gasteiger partial charge < -0.3 is 15.0 Å². The second-order valence-corrected chi connectivity index (χ2v) is 10.7. The van der Waals surface area contributed by atoms with E-state index in [2.05, 4.69) is 21.2 Å². The molecule has 0 fully saturated rings. The SMILES string of the molecule is CC(C)(C)NC(=O)[C@H](Cc1ccccc1)N(Cc1ccccc1F)C(=O)COc1ccc(Cl)cc1Br. The van der Waals surface area contributed by atoms with Crippen LogP contribution in [-0.2, 0) is 22.6 Å². The predicted molar refractivity (Wildman–Crippen MR) is 143 cm³/mol. The summed E-state index contributed by atoms with van der Waals surface area (Å²) in [7, 11) is 0. The van der Waals surface area contributed by atoms with Crippen LogP contribution in [-0.4, -0.2) is 34.9 Å². The molecule has 1 atom stereocenters. The van der Waals surface area contributed by atoms with E-state index in [0.717, 1.165) is 5.56 Å². The second kappa shape index (κ2) is 12.4. The molecule has 0 aliphatic heterocycles. The van der Waals surface area contributed by atoms with Crippen LogP contribution >= 0.6 is 27.5 Å². The zero-order valence-electron chi connectivity index (χ0n) is 20.4. The number of nitrogens with one attached hydrogen (secondary N) is 1. The summed E-state index contributed by atoms with van der Waals surface area (Å²) in [6.45, 7) is 5.17. The summed E-state index contributed by atoms with van der Waals surface area (Å²) >= 11 is 9.38. The molecule has 0 aromatic heterocycles. The van der Waals surface area contributed by atoms with E-state index in [1.807, 2.05) is 51.1 Å². The molecule has 0 saturated heterocycles. The summed E-state index contributed by atoms with van der Waals surface area (Å²) < 4.78 is 21.0. The van der Waals surface area contributed by atoms with Crippen LogP contribution in [0.4, 0.5) is 4.39 Å². The van der Waals surface area contributed by atoms with Crippen molar-refractivity contribution in [2.24, 2.45) is 0 Å². The third-order valence-electron chi connectivity index (χ3n) is 5.31. The van der Waals surface area contributed by atoms with Crippen LogP contribution in [0.25, 0.3) is 0 Å². The first-order valence-corrected chi connectivity index (χ1v) is 12.7. The maximum absolute atomic E-state index is 14.6. The van der Waals surface area contributed by atoms with E-state index in [4.69, 9.17) is 16.3 Å². The Morgan fingerprint density at radius 3 is 2.36 bits per heavy atom. The number of benzene rings is 3. The van der Waals surface area contributed by atoms with Crippen LogP contribution in [0.15, 0.2) is 77.3 Å². The van der Waals surface area contributed by atoms with Crippen molar-refractivity contribution in [3.63, 3.8) is 0 Å². The topological polar surface area (TPSA) is 58.6 Å². The number of ether oxygens (including phenoxy) is 1. The monoisotopic (exact) mass is 574 g/mol. The molecule has 0 aliphatic rings. The molecule has 190 valence electrons. The average Bonchev–Trinajstić information content (AvgIpc) is 2.81. The number of rotatable bonds is 9. The minimum atomic E-state index is -0.893. The van der Waals surface area contributed by atoms with Gasteiger partial charge in [0.15, 0.2) is 6.61 Å². The predicted octanol–water partition coefficient (Wildman–Crippen LogP) is 6.18. The lowest BCUT2D eigenvalue weighted by Gasteiger charge is -2.33. The van der Waals surface area contributed by atoms with E-state index < -0.39 is 23.3 Å². The number of hydrogen-bond donors (Lipinski definition) is 1. The summed E-state index contributed by atoms with van der Waals surface area (Å²) in [6.07, 6.45) is 0.258. The first kappa shape index (κ1) is 27.7. The molecule has 5 nitrogen and oxygen atoms in total. The Morgan fingerprint density at radius 2 is 1.72 bits per heavy atom. The molecule has 0 aliphatic carbocycles. The Bertz CT molecular complexity index is 1200. The molecule has 0 spiro atoms. The van der Waals surface area contributed by atoms with Crippen molar-refractivity contribution in [3.8, 4) is 5.75 Å². The van der Waals surface area contributed by atoms with E-state index >= 15 is 0 Å². The fourth-order valence-electron chi connectivity index (χ4n) is 3.63. The van der Waals surface area contributed by atoms with Crippen LogP contribution in [0.5, 0.6) is 5.75 Å². The van der Waals surface area contributed by atoms with Crippen LogP contribution in [0.2, 0.25) is 5.02 Å². The first-order valence-electron chi connectivity index (χ1n) is 11.5. The van der Waals surface area contributed by atoms with Gasteiger partial charge in [0.05, 0.1) is 4.47 Å². The van der Waals surface area contributed by atoms with Crippen molar-refractivity contribution in [2.45, 2.75) is 45.3 Å². The van der Waals surface area contributed by atoms with Gasteiger partial charge in [0, 0.05) is 29.1 Å². The number of hydrogen-bond acceptors (Lipinski definition) is 3. The molecular weight excluding hydrogens is 547 g/mol. The van der Waals surface area contributed by atoms with Crippen LogP contribution < -0.4 is 10.1 Å². The highest BCUT2D eigenvalue weighted by Gasteiger charge is 2.33. The molecular formula is C28H29BrClFN2O3. The quantitative estimate of drug-likeness (QED) is 0.332. The highest BCUT2D eigenvalue weighted by atomic mass is 79.9. The van der Waals surface area contributed by atoms with Crippen molar-refractivity contribution < 1.29 is 18.7 Å². The van der Waals surface area contributed by atoms with Gasteiger partial charge >= 0.3 is 0 Å².